The van der Waals surface area contributed by atoms with Crippen LogP contribution < -0.4 is 4.74 Å². The summed E-state index contributed by atoms with van der Waals surface area (Å²) in [5.74, 6) is -0.482. The van der Waals surface area contributed by atoms with Crippen molar-refractivity contribution in [3.05, 3.63) is 126 Å². The van der Waals surface area contributed by atoms with Gasteiger partial charge in [0.15, 0.2) is 31.3 Å². The second kappa shape index (κ2) is 13.9. The number of hydrogen-bond donors (Lipinski definition) is 1. The first-order valence-corrected chi connectivity index (χ1v) is 19.0. The van der Waals surface area contributed by atoms with Gasteiger partial charge >= 0.3 is 0 Å². The summed E-state index contributed by atoms with van der Waals surface area (Å²) in [6.45, 7) is 0.332. The lowest BCUT2D eigenvalue weighted by Crippen LogP contribution is -2.50. The van der Waals surface area contributed by atoms with Gasteiger partial charge in [-0.1, -0.05) is 60.7 Å². The number of hydrogen-bond acceptors (Lipinski definition) is 9. The van der Waals surface area contributed by atoms with E-state index in [0.29, 0.717) is 29.9 Å². The Balaban J connectivity index is 1.40. The monoisotopic (exact) mass is 688 g/mol. The third-order valence-electron chi connectivity index (χ3n) is 8.58. The molecule has 0 saturated heterocycles. The molecule has 48 heavy (non-hydrogen) atoms. The summed E-state index contributed by atoms with van der Waals surface area (Å²) in [5.41, 5.74) is 0.298. The number of aliphatic imine (C=N–C) groups is 1. The van der Waals surface area contributed by atoms with Crippen LogP contribution in [-0.4, -0.2) is 75.5 Å². The second-order valence-electron chi connectivity index (χ2n) is 11.7. The van der Waals surface area contributed by atoms with Gasteiger partial charge in [0.2, 0.25) is 5.90 Å². The average Bonchev–Trinajstić information content (AvgIpc) is 3.47. The molecule has 2 aliphatic heterocycles. The van der Waals surface area contributed by atoms with E-state index in [9.17, 15) is 21.6 Å². The molecule has 0 unspecified atom stereocenters. The average molecular weight is 689 g/mol. The standard InChI is InChI=1S/C36H36N2O8S2/c39-22-9-23-45-29-18-16-27(17-19-29)34-37-36(20-24-47(41,42)30-11-3-1-4-12-30)33(46-34)32-15-8-7-10-28(32)26-38(35(36)40)21-25-48(43,44)31-13-5-2-6-14-31/h1-8,10-19,33,39H,9,20-26H2/t33-,36-/m1/s1. The van der Waals surface area contributed by atoms with Crippen molar-refractivity contribution in [3.8, 4) is 5.75 Å². The molecule has 0 bridgehead atoms. The fourth-order valence-corrected chi connectivity index (χ4v) is 8.66. The lowest BCUT2D eigenvalue weighted by Gasteiger charge is -2.32. The first kappa shape index (κ1) is 33.4. The number of aliphatic hydroxyl groups excluding tert-OH is 1. The van der Waals surface area contributed by atoms with Gasteiger partial charge in [0.25, 0.3) is 5.91 Å². The Bertz CT molecular complexity index is 2000. The van der Waals surface area contributed by atoms with Gasteiger partial charge in [0.05, 0.1) is 27.9 Å². The number of aliphatic hydroxyl groups is 1. The summed E-state index contributed by atoms with van der Waals surface area (Å²) in [6.07, 6.45) is -0.674. The van der Waals surface area contributed by atoms with E-state index in [0.717, 1.165) is 5.56 Å². The molecule has 0 radical (unpaired) electrons. The minimum atomic E-state index is -3.83. The normalized spacial score (nSPS) is 19.1. The van der Waals surface area contributed by atoms with Crippen LogP contribution in [-0.2, 0) is 35.8 Å². The van der Waals surface area contributed by atoms with Crippen LogP contribution >= 0.6 is 0 Å². The van der Waals surface area contributed by atoms with E-state index < -0.39 is 43.0 Å². The molecule has 4 aromatic carbocycles. The topological polar surface area (TPSA) is 140 Å². The summed E-state index contributed by atoms with van der Waals surface area (Å²) in [6, 6.07) is 30.4. The molecule has 0 fully saturated rings. The summed E-state index contributed by atoms with van der Waals surface area (Å²) >= 11 is 0. The summed E-state index contributed by atoms with van der Waals surface area (Å²) < 4.78 is 65.9. The van der Waals surface area contributed by atoms with Gasteiger partial charge in [0, 0.05) is 43.7 Å². The van der Waals surface area contributed by atoms with Crippen molar-refractivity contribution in [2.75, 3.05) is 31.3 Å². The van der Waals surface area contributed by atoms with E-state index in [-0.39, 0.29) is 47.6 Å². The van der Waals surface area contributed by atoms with Crippen LogP contribution in [0.4, 0.5) is 0 Å². The number of nitrogens with zero attached hydrogens (tertiary/aromatic N) is 2. The molecule has 0 spiro atoms. The maximum absolute atomic E-state index is 14.8. The van der Waals surface area contributed by atoms with Crippen molar-refractivity contribution in [1.82, 2.24) is 4.90 Å². The smallest absolute Gasteiger partial charge is 0.255 e. The van der Waals surface area contributed by atoms with Crippen molar-refractivity contribution in [2.45, 2.75) is 40.8 Å². The largest absolute Gasteiger partial charge is 0.494 e. The molecule has 0 saturated carbocycles. The van der Waals surface area contributed by atoms with E-state index in [2.05, 4.69) is 0 Å². The maximum atomic E-state index is 14.8. The van der Waals surface area contributed by atoms with Gasteiger partial charge in [-0.25, -0.2) is 21.8 Å². The molecule has 250 valence electrons. The number of amides is 1. The molecule has 0 aromatic heterocycles. The Labute approximate surface area is 280 Å². The van der Waals surface area contributed by atoms with Crippen LogP contribution in [0.1, 0.15) is 35.6 Å². The second-order valence-corrected chi connectivity index (χ2v) is 15.9. The van der Waals surface area contributed by atoms with E-state index in [4.69, 9.17) is 19.6 Å². The molecule has 1 amide bonds. The Morgan fingerprint density at radius 1 is 0.812 bits per heavy atom. The minimum Gasteiger partial charge on any atom is -0.494 e. The number of rotatable bonds is 13. The zero-order chi connectivity index (χ0) is 33.8. The number of ether oxygens (including phenoxy) is 2. The van der Waals surface area contributed by atoms with E-state index >= 15 is 0 Å². The van der Waals surface area contributed by atoms with Gasteiger partial charge in [-0.15, -0.1) is 0 Å². The molecular formula is C36H36N2O8S2. The predicted molar refractivity (Wildman–Crippen MR) is 180 cm³/mol. The molecule has 12 heteroatoms. The van der Waals surface area contributed by atoms with Gasteiger partial charge < -0.3 is 19.5 Å². The number of carbonyl (C=O) groups excluding carboxylic acids is 1. The van der Waals surface area contributed by atoms with Crippen LogP contribution in [0.25, 0.3) is 0 Å². The van der Waals surface area contributed by atoms with Crippen molar-refractivity contribution in [1.29, 1.82) is 0 Å². The number of carbonyl (C=O) groups is 1. The fraction of sp³-hybridized carbons (Fsp3) is 0.278. The Kier molecular flexibility index (Phi) is 9.68. The minimum absolute atomic E-state index is 0.0108. The van der Waals surface area contributed by atoms with Gasteiger partial charge in [-0.2, -0.15) is 0 Å². The maximum Gasteiger partial charge on any atom is 0.255 e. The Morgan fingerprint density at radius 3 is 2.06 bits per heavy atom. The summed E-state index contributed by atoms with van der Waals surface area (Å²) in [7, 11) is -7.56. The highest BCUT2D eigenvalue weighted by Crippen LogP contribution is 2.47. The molecule has 1 N–H and O–H groups in total. The predicted octanol–water partition coefficient (Wildman–Crippen LogP) is 4.38. The van der Waals surface area contributed by atoms with Crippen LogP contribution in [0.3, 0.4) is 0 Å². The summed E-state index contributed by atoms with van der Waals surface area (Å²) in [4.78, 5) is 21.5. The zero-order valence-corrected chi connectivity index (χ0v) is 27.8. The molecule has 2 heterocycles. The van der Waals surface area contributed by atoms with Crippen LogP contribution in [0.15, 0.2) is 124 Å². The molecule has 4 aromatic rings. The van der Waals surface area contributed by atoms with Crippen molar-refractivity contribution in [3.63, 3.8) is 0 Å². The Hall–Kier alpha value is -4.52. The highest BCUT2D eigenvalue weighted by atomic mass is 32.2. The van der Waals surface area contributed by atoms with Crippen molar-refractivity contribution < 1.29 is 36.2 Å². The molecule has 0 aliphatic carbocycles. The Morgan fingerprint density at radius 2 is 1.42 bits per heavy atom. The number of sulfone groups is 2. The van der Waals surface area contributed by atoms with Crippen molar-refractivity contribution >= 4 is 31.5 Å². The van der Waals surface area contributed by atoms with Crippen LogP contribution in [0.2, 0.25) is 0 Å². The summed E-state index contributed by atoms with van der Waals surface area (Å²) in [5, 5.41) is 9.06. The van der Waals surface area contributed by atoms with E-state index in [1.807, 2.05) is 24.3 Å². The third kappa shape index (κ3) is 6.87. The molecule has 6 rings (SSSR count). The van der Waals surface area contributed by atoms with Crippen molar-refractivity contribution in [2.24, 2.45) is 4.99 Å². The number of benzene rings is 4. The van der Waals surface area contributed by atoms with E-state index in [1.165, 1.54) is 29.2 Å². The molecule has 2 aliphatic rings. The van der Waals surface area contributed by atoms with Crippen LogP contribution in [0, 0.1) is 0 Å². The first-order chi connectivity index (χ1) is 23.1. The van der Waals surface area contributed by atoms with Gasteiger partial charge in [-0.3, -0.25) is 4.79 Å². The highest BCUT2D eigenvalue weighted by molar-refractivity contribution is 7.91. The third-order valence-corrected chi connectivity index (χ3v) is 12.0. The SMILES string of the molecule is O=C1N(CCS(=O)(=O)c2ccccc2)Cc2ccccc2[C@H]2OC(c3ccc(OCCCO)cc3)=N[C@@]12CCS(=O)(=O)c1ccccc1. The highest BCUT2D eigenvalue weighted by Gasteiger charge is 2.57. The first-order valence-electron chi connectivity index (χ1n) is 15.7. The molecule has 2 atom stereocenters. The molecular weight excluding hydrogens is 653 g/mol. The van der Waals surface area contributed by atoms with Gasteiger partial charge in [0.1, 0.15) is 5.75 Å². The van der Waals surface area contributed by atoms with Gasteiger partial charge in [-0.05, 0) is 54.1 Å². The quantitative estimate of drug-likeness (QED) is 0.204. The number of fused-ring (bicyclic) bond motifs is 3. The molecule has 10 nitrogen and oxygen atoms in total. The van der Waals surface area contributed by atoms with E-state index in [1.54, 1.807) is 60.7 Å². The zero-order valence-electron chi connectivity index (χ0n) is 26.1. The lowest BCUT2D eigenvalue weighted by atomic mass is 9.84. The fourth-order valence-electron chi connectivity index (χ4n) is 6.01. The van der Waals surface area contributed by atoms with Crippen LogP contribution in [0.5, 0.6) is 5.75 Å². The lowest BCUT2D eigenvalue weighted by molar-refractivity contribution is -0.139.